The number of hydrogen-bond acceptors (Lipinski definition) is 3. The Morgan fingerprint density at radius 1 is 1.15 bits per heavy atom. The predicted molar refractivity (Wildman–Crippen MR) is 97.0 cm³/mol. The summed E-state index contributed by atoms with van der Waals surface area (Å²) in [5.41, 5.74) is 1.24. The first-order chi connectivity index (χ1) is 13.0. The fourth-order valence-electron chi connectivity index (χ4n) is 3.06. The second-order valence-corrected chi connectivity index (χ2v) is 6.35. The maximum atomic E-state index is 13.9. The average molecular weight is 370 g/mol. The first-order valence-corrected chi connectivity index (χ1v) is 8.63. The Morgan fingerprint density at radius 3 is 2.52 bits per heavy atom. The summed E-state index contributed by atoms with van der Waals surface area (Å²) in [7, 11) is 0. The summed E-state index contributed by atoms with van der Waals surface area (Å²) in [6, 6.07) is 11.7. The van der Waals surface area contributed by atoms with Crippen LogP contribution in [0.5, 0.6) is 0 Å². The molecule has 0 saturated carbocycles. The average Bonchev–Trinajstić information content (AvgIpc) is 3.01. The maximum absolute atomic E-state index is 13.9. The van der Waals surface area contributed by atoms with E-state index in [9.17, 15) is 18.8 Å². The predicted octanol–water partition coefficient (Wildman–Crippen LogP) is 2.38. The van der Waals surface area contributed by atoms with Gasteiger partial charge in [-0.15, -0.1) is 0 Å². The van der Waals surface area contributed by atoms with E-state index in [2.05, 4.69) is 5.32 Å². The molecule has 1 heterocycles. The van der Waals surface area contributed by atoms with Crippen LogP contribution in [0.2, 0.25) is 0 Å². The van der Waals surface area contributed by atoms with Crippen LogP contribution in [-0.4, -0.2) is 35.5 Å². The molecule has 0 aromatic heterocycles. The van der Waals surface area contributed by atoms with Gasteiger partial charge >= 0.3 is 5.97 Å². The van der Waals surface area contributed by atoms with E-state index >= 15 is 0 Å². The lowest BCUT2D eigenvalue weighted by atomic mass is 10.1. The van der Waals surface area contributed by atoms with E-state index in [1.54, 1.807) is 24.3 Å². The normalized spacial score (nSPS) is 16.4. The van der Waals surface area contributed by atoms with Gasteiger partial charge in [-0.1, -0.05) is 24.3 Å². The molecule has 1 atom stereocenters. The van der Waals surface area contributed by atoms with Crippen LogP contribution in [0.4, 0.5) is 10.1 Å². The highest BCUT2D eigenvalue weighted by atomic mass is 19.1. The second kappa shape index (κ2) is 7.99. The molecule has 2 aromatic carbocycles. The van der Waals surface area contributed by atoms with Gasteiger partial charge in [0.05, 0.1) is 11.3 Å². The number of nitrogens with one attached hydrogen (secondary N) is 1. The monoisotopic (exact) mass is 370 g/mol. The molecule has 3 rings (SSSR count). The molecule has 1 fully saturated rings. The number of para-hydroxylation sites is 1. The van der Waals surface area contributed by atoms with E-state index in [4.69, 9.17) is 5.11 Å². The van der Waals surface area contributed by atoms with Crippen LogP contribution < -0.4 is 10.2 Å². The Hall–Kier alpha value is -3.22. The third kappa shape index (κ3) is 4.31. The van der Waals surface area contributed by atoms with Gasteiger partial charge < -0.3 is 15.3 Å². The molecule has 0 radical (unpaired) electrons. The summed E-state index contributed by atoms with van der Waals surface area (Å²) in [5, 5.41) is 11.6. The molecule has 0 unspecified atom stereocenters. The van der Waals surface area contributed by atoms with Gasteiger partial charge in [0, 0.05) is 13.0 Å². The van der Waals surface area contributed by atoms with Crippen LogP contribution in [0.25, 0.3) is 0 Å². The third-order valence-electron chi connectivity index (χ3n) is 4.53. The molecule has 140 valence electrons. The lowest BCUT2D eigenvalue weighted by molar-refractivity contribution is -0.126. The Labute approximate surface area is 155 Å². The molecule has 27 heavy (non-hydrogen) atoms. The highest BCUT2D eigenvalue weighted by Gasteiger charge is 2.34. The van der Waals surface area contributed by atoms with Crippen molar-refractivity contribution in [2.24, 2.45) is 0 Å². The van der Waals surface area contributed by atoms with Crippen molar-refractivity contribution in [1.82, 2.24) is 5.32 Å². The Bertz CT molecular complexity index is 867. The van der Waals surface area contributed by atoms with Crippen molar-refractivity contribution in [3.63, 3.8) is 0 Å². The molecule has 6 nitrogen and oxygen atoms in total. The van der Waals surface area contributed by atoms with Gasteiger partial charge in [0.25, 0.3) is 0 Å². The van der Waals surface area contributed by atoms with Crippen LogP contribution in [0.3, 0.4) is 0 Å². The summed E-state index contributed by atoms with van der Waals surface area (Å²) < 4.78 is 13.9. The molecule has 2 amide bonds. The highest BCUT2D eigenvalue weighted by molar-refractivity contribution is 6.01. The van der Waals surface area contributed by atoms with Crippen molar-refractivity contribution in [2.45, 2.75) is 25.3 Å². The van der Waals surface area contributed by atoms with Crippen molar-refractivity contribution in [3.05, 3.63) is 65.5 Å². The minimum atomic E-state index is -1.00. The topological polar surface area (TPSA) is 86.7 Å². The van der Waals surface area contributed by atoms with E-state index in [0.717, 1.165) is 5.56 Å². The van der Waals surface area contributed by atoms with Crippen LogP contribution in [0, 0.1) is 5.82 Å². The van der Waals surface area contributed by atoms with Gasteiger partial charge in [-0.05, 0) is 42.7 Å². The van der Waals surface area contributed by atoms with Crippen molar-refractivity contribution >= 4 is 23.5 Å². The second-order valence-electron chi connectivity index (χ2n) is 6.35. The van der Waals surface area contributed by atoms with Crippen molar-refractivity contribution in [3.8, 4) is 0 Å². The van der Waals surface area contributed by atoms with Crippen LogP contribution in [-0.2, 0) is 16.0 Å². The number of benzene rings is 2. The number of halogens is 1. The molecule has 2 aromatic rings. The number of carboxylic acids is 1. The van der Waals surface area contributed by atoms with E-state index < -0.39 is 17.8 Å². The lowest BCUT2D eigenvalue weighted by Crippen LogP contribution is -2.41. The van der Waals surface area contributed by atoms with Crippen LogP contribution >= 0.6 is 0 Å². The fraction of sp³-hybridized carbons (Fsp3) is 0.250. The standard InChI is InChI=1S/C20H19FN2O4/c21-15-3-1-2-4-17(15)23-12-11-16(19(23)25)22-18(24)10-7-13-5-8-14(9-6-13)20(26)27/h1-6,8-9,16H,7,10-12H2,(H,22,24)(H,26,27)/t16-/m0/s1. The Morgan fingerprint density at radius 2 is 1.85 bits per heavy atom. The number of aryl methyl sites for hydroxylation is 1. The molecule has 1 aliphatic heterocycles. The number of carboxylic acid groups (broad SMARTS) is 1. The van der Waals surface area contributed by atoms with Gasteiger partial charge in [0.2, 0.25) is 11.8 Å². The fourth-order valence-corrected chi connectivity index (χ4v) is 3.06. The smallest absolute Gasteiger partial charge is 0.335 e. The van der Waals surface area contributed by atoms with Gasteiger partial charge in [0.1, 0.15) is 11.9 Å². The number of hydrogen-bond donors (Lipinski definition) is 2. The number of carbonyl (C=O) groups excluding carboxylic acids is 2. The first kappa shape index (κ1) is 18.6. The molecule has 1 aliphatic rings. The zero-order valence-corrected chi connectivity index (χ0v) is 14.5. The summed E-state index contributed by atoms with van der Waals surface area (Å²) in [6.07, 6.45) is 1.03. The van der Waals surface area contributed by atoms with Gasteiger partial charge in [0.15, 0.2) is 0 Å². The number of amides is 2. The number of rotatable bonds is 6. The molecule has 2 N–H and O–H groups in total. The lowest BCUT2D eigenvalue weighted by Gasteiger charge is -2.17. The van der Waals surface area contributed by atoms with Crippen LogP contribution in [0.15, 0.2) is 48.5 Å². The number of anilines is 1. The van der Waals surface area contributed by atoms with Gasteiger partial charge in [-0.2, -0.15) is 0 Å². The molecular formula is C20H19FN2O4. The summed E-state index contributed by atoms with van der Waals surface area (Å²) in [4.78, 5) is 36.8. The first-order valence-electron chi connectivity index (χ1n) is 8.63. The maximum Gasteiger partial charge on any atom is 0.335 e. The van der Waals surface area contributed by atoms with Crippen molar-refractivity contribution < 1.29 is 23.9 Å². The molecule has 0 aliphatic carbocycles. The van der Waals surface area contributed by atoms with Crippen LogP contribution in [0.1, 0.15) is 28.8 Å². The van der Waals surface area contributed by atoms with Crippen molar-refractivity contribution in [2.75, 3.05) is 11.4 Å². The highest BCUT2D eigenvalue weighted by Crippen LogP contribution is 2.24. The van der Waals surface area contributed by atoms with Crippen molar-refractivity contribution in [1.29, 1.82) is 0 Å². The van der Waals surface area contributed by atoms with E-state index in [1.165, 1.54) is 29.2 Å². The van der Waals surface area contributed by atoms with Gasteiger partial charge in [-0.25, -0.2) is 9.18 Å². The quantitative estimate of drug-likeness (QED) is 0.817. The molecule has 0 bridgehead atoms. The molecular weight excluding hydrogens is 351 g/mol. The SMILES string of the molecule is O=C(CCc1ccc(C(=O)O)cc1)N[C@H]1CCN(c2ccccc2F)C1=O. The minimum Gasteiger partial charge on any atom is -0.478 e. The molecule has 0 spiro atoms. The number of carbonyl (C=O) groups is 3. The number of aromatic carboxylic acids is 1. The van der Waals surface area contributed by atoms with E-state index in [-0.39, 0.29) is 29.5 Å². The van der Waals surface area contributed by atoms with E-state index in [1.807, 2.05) is 0 Å². The Balaban J connectivity index is 1.53. The van der Waals surface area contributed by atoms with E-state index in [0.29, 0.717) is 19.4 Å². The third-order valence-corrected chi connectivity index (χ3v) is 4.53. The minimum absolute atomic E-state index is 0.176. The summed E-state index contributed by atoms with van der Waals surface area (Å²) >= 11 is 0. The molecule has 1 saturated heterocycles. The van der Waals surface area contributed by atoms with Gasteiger partial charge in [-0.3, -0.25) is 9.59 Å². The molecule has 7 heteroatoms. The zero-order chi connectivity index (χ0) is 19.4. The zero-order valence-electron chi connectivity index (χ0n) is 14.5. The summed E-state index contributed by atoms with van der Waals surface area (Å²) in [6.45, 7) is 0.349. The summed E-state index contributed by atoms with van der Waals surface area (Å²) in [5.74, 6) is -2.06. The number of nitrogens with zero attached hydrogens (tertiary/aromatic N) is 1. The largest absolute Gasteiger partial charge is 0.478 e. The Kier molecular flexibility index (Phi) is 5.49.